The second-order valence-corrected chi connectivity index (χ2v) is 4.97. The minimum atomic E-state index is -0.727. The molecule has 1 N–H and O–H groups in total. The Hall–Kier alpha value is -2.65. The summed E-state index contributed by atoms with van der Waals surface area (Å²) in [5.74, 6) is 0.731. The van der Waals surface area contributed by atoms with Crippen LogP contribution in [0, 0.1) is 0 Å². The molecule has 2 aromatic carbocycles. The van der Waals surface area contributed by atoms with Crippen LogP contribution < -0.4 is 4.74 Å². The van der Waals surface area contributed by atoms with E-state index in [1.807, 2.05) is 54.6 Å². The zero-order valence-corrected chi connectivity index (χ0v) is 12.1. The fourth-order valence-electron chi connectivity index (χ4n) is 2.21. The number of aliphatic hydroxyl groups excluding tert-OH is 1. The number of aliphatic hydroxyl groups is 1. The van der Waals surface area contributed by atoms with E-state index in [1.54, 1.807) is 12.3 Å². The molecule has 3 rings (SSSR count). The zero-order valence-electron chi connectivity index (χ0n) is 12.1. The Morgan fingerprint density at radius 3 is 2.18 bits per heavy atom. The van der Waals surface area contributed by atoms with E-state index in [-0.39, 0.29) is 6.61 Å². The second kappa shape index (κ2) is 6.87. The van der Waals surface area contributed by atoms with Gasteiger partial charge in [0.2, 0.25) is 0 Å². The summed E-state index contributed by atoms with van der Waals surface area (Å²) in [6.07, 6.45) is 0.933. The van der Waals surface area contributed by atoms with Crippen molar-refractivity contribution in [3.05, 3.63) is 84.7 Å². The Bertz CT molecular complexity index is 697. The lowest BCUT2D eigenvalue weighted by Crippen LogP contribution is -2.10. The van der Waals surface area contributed by atoms with E-state index < -0.39 is 6.10 Å². The standard InChI is InChI=1S/C19H17NO2/c21-19(18-8-4-5-13-20-18)14-22-17-11-9-16(10-12-17)15-6-2-1-3-7-15/h1-13,19,21H,14H2. The van der Waals surface area contributed by atoms with Crippen molar-refractivity contribution in [2.45, 2.75) is 6.10 Å². The van der Waals surface area contributed by atoms with Crippen molar-refractivity contribution < 1.29 is 9.84 Å². The molecule has 0 radical (unpaired) electrons. The zero-order chi connectivity index (χ0) is 15.2. The van der Waals surface area contributed by atoms with Crippen LogP contribution in [0.4, 0.5) is 0 Å². The Morgan fingerprint density at radius 2 is 1.50 bits per heavy atom. The molecule has 0 aliphatic heterocycles. The lowest BCUT2D eigenvalue weighted by molar-refractivity contribution is 0.104. The number of hydrogen-bond donors (Lipinski definition) is 1. The van der Waals surface area contributed by atoms with E-state index in [1.165, 1.54) is 5.56 Å². The van der Waals surface area contributed by atoms with Crippen molar-refractivity contribution in [2.24, 2.45) is 0 Å². The monoisotopic (exact) mass is 291 g/mol. The van der Waals surface area contributed by atoms with E-state index in [0.29, 0.717) is 5.69 Å². The van der Waals surface area contributed by atoms with Crippen molar-refractivity contribution in [1.82, 2.24) is 4.98 Å². The average Bonchev–Trinajstić information content (AvgIpc) is 2.61. The molecule has 1 unspecified atom stereocenters. The maximum Gasteiger partial charge on any atom is 0.130 e. The van der Waals surface area contributed by atoms with Crippen molar-refractivity contribution in [3.8, 4) is 16.9 Å². The number of hydrogen-bond acceptors (Lipinski definition) is 3. The first-order valence-corrected chi connectivity index (χ1v) is 7.20. The van der Waals surface area contributed by atoms with Gasteiger partial charge in [0.05, 0.1) is 5.69 Å². The molecule has 110 valence electrons. The van der Waals surface area contributed by atoms with Gasteiger partial charge >= 0.3 is 0 Å². The molecular formula is C19H17NO2. The highest BCUT2D eigenvalue weighted by molar-refractivity contribution is 5.63. The molecule has 1 aromatic heterocycles. The van der Waals surface area contributed by atoms with Gasteiger partial charge < -0.3 is 9.84 Å². The fraction of sp³-hybridized carbons (Fsp3) is 0.105. The maximum atomic E-state index is 10.0. The quantitative estimate of drug-likeness (QED) is 0.776. The highest BCUT2D eigenvalue weighted by atomic mass is 16.5. The molecule has 1 atom stereocenters. The van der Waals surface area contributed by atoms with Crippen molar-refractivity contribution in [1.29, 1.82) is 0 Å². The van der Waals surface area contributed by atoms with Gasteiger partial charge in [0.1, 0.15) is 18.5 Å². The fourth-order valence-corrected chi connectivity index (χ4v) is 2.21. The third-order valence-corrected chi connectivity index (χ3v) is 3.40. The molecule has 0 saturated carbocycles. The molecule has 3 nitrogen and oxygen atoms in total. The number of rotatable bonds is 5. The van der Waals surface area contributed by atoms with Gasteiger partial charge in [-0.2, -0.15) is 0 Å². The van der Waals surface area contributed by atoms with Crippen LogP contribution in [0.3, 0.4) is 0 Å². The molecule has 0 saturated heterocycles. The number of aromatic nitrogens is 1. The predicted octanol–water partition coefficient (Wildman–Crippen LogP) is 3.86. The van der Waals surface area contributed by atoms with Gasteiger partial charge in [-0.3, -0.25) is 4.98 Å². The smallest absolute Gasteiger partial charge is 0.130 e. The van der Waals surface area contributed by atoms with Crippen LogP contribution in [0.1, 0.15) is 11.8 Å². The van der Waals surface area contributed by atoms with Crippen LogP contribution in [0.25, 0.3) is 11.1 Å². The number of nitrogens with zero attached hydrogens (tertiary/aromatic N) is 1. The molecule has 3 aromatic rings. The Kier molecular flexibility index (Phi) is 4.47. The van der Waals surface area contributed by atoms with Crippen LogP contribution in [0.2, 0.25) is 0 Å². The van der Waals surface area contributed by atoms with E-state index >= 15 is 0 Å². The third kappa shape index (κ3) is 3.51. The Labute approximate surface area is 129 Å². The first kappa shape index (κ1) is 14.3. The van der Waals surface area contributed by atoms with Crippen molar-refractivity contribution >= 4 is 0 Å². The summed E-state index contributed by atoms with van der Waals surface area (Å²) in [5, 5.41) is 10.0. The van der Waals surface area contributed by atoms with Gasteiger partial charge in [-0.1, -0.05) is 48.5 Å². The van der Waals surface area contributed by atoms with E-state index in [0.717, 1.165) is 11.3 Å². The Balaban J connectivity index is 1.62. The number of ether oxygens (including phenoxy) is 1. The van der Waals surface area contributed by atoms with Gasteiger partial charge in [0.25, 0.3) is 0 Å². The van der Waals surface area contributed by atoms with E-state index in [9.17, 15) is 5.11 Å². The van der Waals surface area contributed by atoms with Crippen LogP contribution in [-0.4, -0.2) is 16.7 Å². The largest absolute Gasteiger partial charge is 0.490 e. The molecule has 0 aliphatic carbocycles. The summed E-state index contributed by atoms with van der Waals surface area (Å²) in [6.45, 7) is 0.182. The molecule has 0 fully saturated rings. The molecule has 22 heavy (non-hydrogen) atoms. The lowest BCUT2D eigenvalue weighted by Gasteiger charge is -2.12. The van der Waals surface area contributed by atoms with Crippen LogP contribution in [0.15, 0.2) is 79.0 Å². The molecule has 0 spiro atoms. The molecule has 3 heteroatoms. The minimum absolute atomic E-state index is 0.182. The van der Waals surface area contributed by atoms with Crippen LogP contribution in [0.5, 0.6) is 5.75 Å². The van der Waals surface area contributed by atoms with E-state index in [2.05, 4.69) is 17.1 Å². The van der Waals surface area contributed by atoms with E-state index in [4.69, 9.17) is 4.74 Å². The highest BCUT2D eigenvalue weighted by Crippen LogP contribution is 2.22. The van der Waals surface area contributed by atoms with Crippen molar-refractivity contribution in [3.63, 3.8) is 0 Å². The van der Waals surface area contributed by atoms with Crippen LogP contribution >= 0.6 is 0 Å². The number of pyridine rings is 1. The Morgan fingerprint density at radius 1 is 0.818 bits per heavy atom. The molecule has 0 bridgehead atoms. The third-order valence-electron chi connectivity index (χ3n) is 3.40. The summed E-state index contributed by atoms with van der Waals surface area (Å²) in [4.78, 5) is 4.11. The second-order valence-electron chi connectivity index (χ2n) is 4.97. The van der Waals surface area contributed by atoms with Gasteiger partial charge in [-0.25, -0.2) is 0 Å². The number of benzene rings is 2. The van der Waals surface area contributed by atoms with Gasteiger partial charge in [-0.05, 0) is 35.4 Å². The maximum absolute atomic E-state index is 10.0. The molecule has 1 heterocycles. The van der Waals surface area contributed by atoms with Crippen LogP contribution in [-0.2, 0) is 0 Å². The topological polar surface area (TPSA) is 42.4 Å². The van der Waals surface area contributed by atoms with Gasteiger partial charge in [0, 0.05) is 6.20 Å². The predicted molar refractivity (Wildman–Crippen MR) is 86.6 cm³/mol. The first-order valence-electron chi connectivity index (χ1n) is 7.20. The average molecular weight is 291 g/mol. The van der Waals surface area contributed by atoms with Crippen molar-refractivity contribution in [2.75, 3.05) is 6.61 Å². The molecule has 0 aliphatic rings. The van der Waals surface area contributed by atoms with Gasteiger partial charge in [0.15, 0.2) is 0 Å². The SMILES string of the molecule is OC(COc1ccc(-c2ccccc2)cc1)c1ccccn1. The lowest BCUT2D eigenvalue weighted by atomic mass is 10.1. The highest BCUT2D eigenvalue weighted by Gasteiger charge is 2.09. The summed E-state index contributed by atoms with van der Waals surface area (Å²) in [7, 11) is 0. The van der Waals surface area contributed by atoms with Gasteiger partial charge in [-0.15, -0.1) is 0 Å². The summed E-state index contributed by atoms with van der Waals surface area (Å²) >= 11 is 0. The minimum Gasteiger partial charge on any atom is -0.490 e. The first-order chi connectivity index (χ1) is 10.8. The normalized spacial score (nSPS) is 11.9. The summed E-state index contributed by atoms with van der Waals surface area (Å²) < 4.78 is 5.62. The summed E-state index contributed by atoms with van der Waals surface area (Å²) in [6, 6.07) is 23.5. The molecular weight excluding hydrogens is 274 g/mol. The molecule has 0 amide bonds. The summed E-state index contributed by atoms with van der Waals surface area (Å²) in [5.41, 5.74) is 2.92.